The van der Waals surface area contributed by atoms with Gasteiger partial charge in [0.2, 0.25) is 10.0 Å². The predicted octanol–water partition coefficient (Wildman–Crippen LogP) is 3.11. The molecule has 1 amide bonds. The second-order valence-electron chi connectivity index (χ2n) is 7.84. The van der Waals surface area contributed by atoms with Gasteiger partial charge < -0.3 is 9.64 Å². The molecule has 0 aromatic heterocycles. The van der Waals surface area contributed by atoms with Gasteiger partial charge in [-0.25, -0.2) is 17.9 Å². The van der Waals surface area contributed by atoms with Crippen LogP contribution in [0, 0.1) is 0 Å². The van der Waals surface area contributed by atoms with E-state index in [0.717, 1.165) is 24.8 Å². The van der Waals surface area contributed by atoms with Crippen LogP contribution in [0.4, 0.5) is 0 Å². The molecule has 2 aromatic rings. The molecule has 0 radical (unpaired) electrons. The summed E-state index contributed by atoms with van der Waals surface area (Å²) < 4.78 is 32.9. The molecule has 1 aliphatic heterocycles. The lowest BCUT2D eigenvalue weighted by Gasteiger charge is -2.38. The van der Waals surface area contributed by atoms with Crippen molar-refractivity contribution in [3.05, 3.63) is 65.7 Å². The molecule has 0 saturated carbocycles. The number of nitrogens with one attached hydrogen (secondary N) is 1. The number of benzene rings is 2. The Bertz CT molecular complexity index is 1010. The van der Waals surface area contributed by atoms with Crippen molar-refractivity contribution in [1.82, 2.24) is 9.62 Å². The highest BCUT2D eigenvalue weighted by Crippen LogP contribution is 2.22. The Hall–Kier alpha value is -2.71. The maximum atomic E-state index is 12.6. The smallest absolute Gasteiger partial charge is 0.338 e. The van der Waals surface area contributed by atoms with E-state index in [-0.39, 0.29) is 41.6 Å². The normalized spacial score (nSPS) is 19.1. The Labute approximate surface area is 183 Å². The molecule has 0 spiro atoms. The van der Waals surface area contributed by atoms with Gasteiger partial charge in [-0.1, -0.05) is 36.4 Å². The summed E-state index contributed by atoms with van der Waals surface area (Å²) in [5.74, 6) is -0.966. The summed E-state index contributed by atoms with van der Waals surface area (Å²) in [5, 5.41) is 0. The lowest BCUT2D eigenvalue weighted by Crippen LogP contribution is -2.49. The summed E-state index contributed by atoms with van der Waals surface area (Å²) in [7, 11) is -3.81. The summed E-state index contributed by atoms with van der Waals surface area (Å²) in [5.41, 5.74) is 0.899. The van der Waals surface area contributed by atoms with Crippen molar-refractivity contribution < 1.29 is 22.7 Å². The van der Waals surface area contributed by atoms with Gasteiger partial charge in [-0.2, -0.15) is 0 Å². The SMILES string of the molecule is C[C@@H]1CCC[C@H](C)N1C(=O)COC(=O)c1cccc(S(=O)(=O)NCc2ccccc2)c1. The molecule has 1 heterocycles. The Morgan fingerprint density at radius 1 is 1.03 bits per heavy atom. The van der Waals surface area contributed by atoms with E-state index in [0.29, 0.717) is 0 Å². The van der Waals surface area contributed by atoms with E-state index in [1.54, 1.807) is 4.90 Å². The fourth-order valence-electron chi connectivity index (χ4n) is 3.85. The number of nitrogens with zero attached hydrogens (tertiary/aromatic N) is 1. The van der Waals surface area contributed by atoms with Gasteiger partial charge in [-0.3, -0.25) is 4.79 Å². The Morgan fingerprint density at radius 2 is 1.71 bits per heavy atom. The monoisotopic (exact) mass is 444 g/mol. The second kappa shape index (κ2) is 10.1. The quantitative estimate of drug-likeness (QED) is 0.663. The number of hydrogen-bond donors (Lipinski definition) is 1. The van der Waals surface area contributed by atoms with Gasteiger partial charge >= 0.3 is 5.97 Å². The average molecular weight is 445 g/mol. The van der Waals surface area contributed by atoms with Gasteiger partial charge in [0.15, 0.2) is 6.61 Å². The Kier molecular flexibility index (Phi) is 7.46. The van der Waals surface area contributed by atoms with E-state index in [2.05, 4.69) is 4.72 Å². The summed E-state index contributed by atoms with van der Waals surface area (Å²) in [6.07, 6.45) is 2.94. The molecule has 0 unspecified atom stereocenters. The number of piperidine rings is 1. The van der Waals surface area contributed by atoms with Crippen LogP contribution in [0.25, 0.3) is 0 Å². The van der Waals surface area contributed by atoms with Gasteiger partial charge in [-0.05, 0) is 56.9 Å². The van der Waals surface area contributed by atoms with Crippen molar-refractivity contribution in [2.45, 2.75) is 56.6 Å². The zero-order chi connectivity index (χ0) is 22.4. The molecule has 1 N–H and O–H groups in total. The van der Waals surface area contributed by atoms with E-state index in [9.17, 15) is 18.0 Å². The summed E-state index contributed by atoms with van der Waals surface area (Å²) in [6.45, 7) is 3.76. The minimum Gasteiger partial charge on any atom is -0.452 e. The molecular formula is C23H28N2O5S. The van der Waals surface area contributed by atoms with Crippen LogP contribution in [-0.2, 0) is 26.1 Å². The summed E-state index contributed by atoms with van der Waals surface area (Å²) in [6, 6.07) is 15.0. The number of likely N-dealkylation sites (tertiary alicyclic amines) is 1. The van der Waals surface area contributed by atoms with Gasteiger partial charge in [0.25, 0.3) is 5.91 Å². The molecule has 1 aliphatic rings. The molecule has 166 valence electrons. The number of rotatable bonds is 7. The Balaban J connectivity index is 1.62. The topological polar surface area (TPSA) is 92.8 Å². The molecule has 0 bridgehead atoms. The molecule has 3 rings (SSSR count). The highest BCUT2D eigenvalue weighted by Gasteiger charge is 2.29. The lowest BCUT2D eigenvalue weighted by molar-refractivity contribution is -0.140. The highest BCUT2D eigenvalue weighted by atomic mass is 32.2. The van der Waals surface area contributed by atoms with Gasteiger partial charge in [-0.15, -0.1) is 0 Å². The molecule has 31 heavy (non-hydrogen) atoms. The van der Waals surface area contributed by atoms with E-state index < -0.39 is 16.0 Å². The van der Waals surface area contributed by atoms with Crippen molar-refractivity contribution >= 4 is 21.9 Å². The van der Waals surface area contributed by atoms with Crippen LogP contribution in [0.15, 0.2) is 59.5 Å². The first-order valence-electron chi connectivity index (χ1n) is 10.4. The number of ether oxygens (including phenoxy) is 1. The summed E-state index contributed by atoms with van der Waals surface area (Å²) in [4.78, 5) is 26.7. The van der Waals surface area contributed by atoms with Crippen molar-refractivity contribution in [3.63, 3.8) is 0 Å². The van der Waals surface area contributed by atoms with E-state index in [1.165, 1.54) is 24.3 Å². The molecule has 2 aromatic carbocycles. The largest absolute Gasteiger partial charge is 0.452 e. The van der Waals surface area contributed by atoms with Gasteiger partial charge in [0.05, 0.1) is 10.5 Å². The number of esters is 1. The minimum atomic E-state index is -3.81. The van der Waals surface area contributed by atoms with Crippen LogP contribution in [0.3, 0.4) is 0 Å². The van der Waals surface area contributed by atoms with Crippen molar-refractivity contribution in [2.75, 3.05) is 6.61 Å². The van der Waals surface area contributed by atoms with Crippen LogP contribution in [0.1, 0.15) is 49.0 Å². The molecule has 2 atom stereocenters. The van der Waals surface area contributed by atoms with Crippen LogP contribution >= 0.6 is 0 Å². The lowest BCUT2D eigenvalue weighted by atomic mass is 9.97. The van der Waals surface area contributed by atoms with Gasteiger partial charge in [0.1, 0.15) is 0 Å². The maximum Gasteiger partial charge on any atom is 0.338 e. The number of sulfonamides is 1. The Morgan fingerprint density at radius 3 is 2.39 bits per heavy atom. The van der Waals surface area contributed by atoms with Crippen molar-refractivity contribution in [3.8, 4) is 0 Å². The molecule has 1 fully saturated rings. The molecule has 7 nitrogen and oxygen atoms in total. The summed E-state index contributed by atoms with van der Waals surface area (Å²) >= 11 is 0. The van der Waals surface area contributed by atoms with E-state index in [4.69, 9.17) is 4.74 Å². The third-order valence-corrected chi connectivity index (χ3v) is 6.90. The van der Waals surface area contributed by atoms with E-state index in [1.807, 2.05) is 44.2 Å². The van der Waals surface area contributed by atoms with Gasteiger partial charge in [0, 0.05) is 18.6 Å². The number of amides is 1. The number of carbonyl (C=O) groups is 2. The van der Waals surface area contributed by atoms with E-state index >= 15 is 0 Å². The number of hydrogen-bond acceptors (Lipinski definition) is 5. The van der Waals surface area contributed by atoms with Crippen LogP contribution in [-0.4, -0.2) is 43.9 Å². The van der Waals surface area contributed by atoms with Crippen molar-refractivity contribution in [2.24, 2.45) is 0 Å². The highest BCUT2D eigenvalue weighted by molar-refractivity contribution is 7.89. The predicted molar refractivity (Wildman–Crippen MR) is 117 cm³/mol. The average Bonchev–Trinajstić information content (AvgIpc) is 2.77. The maximum absolute atomic E-state index is 12.6. The first-order chi connectivity index (χ1) is 14.8. The fourth-order valence-corrected chi connectivity index (χ4v) is 4.91. The number of carbonyl (C=O) groups excluding carboxylic acids is 2. The minimum absolute atomic E-state index is 0.0394. The molecule has 8 heteroatoms. The van der Waals surface area contributed by atoms with Crippen LogP contribution < -0.4 is 4.72 Å². The zero-order valence-corrected chi connectivity index (χ0v) is 18.6. The van der Waals surface area contributed by atoms with Crippen LogP contribution in [0.5, 0.6) is 0 Å². The third-order valence-electron chi connectivity index (χ3n) is 5.50. The molecule has 1 saturated heterocycles. The second-order valence-corrected chi connectivity index (χ2v) is 9.61. The fraction of sp³-hybridized carbons (Fsp3) is 0.391. The zero-order valence-electron chi connectivity index (χ0n) is 17.8. The third kappa shape index (κ3) is 5.92. The van der Waals surface area contributed by atoms with Crippen molar-refractivity contribution in [1.29, 1.82) is 0 Å². The first kappa shape index (κ1) is 23.0. The molecule has 0 aliphatic carbocycles. The first-order valence-corrected chi connectivity index (χ1v) is 11.9. The van der Waals surface area contributed by atoms with Crippen LogP contribution in [0.2, 0.25) is 0 Å². The molecular weight excluding hydrogens is 416 g/mol. The standard InChI is InChI=1S/C23H28N2O5S/c1-17-8-6-9-18(2)25(17)22(26)16-30-23(27)20-12-7-13-21(14-20)31(28,29)24-15-19-10-4-3-5-11-19/h3-5,7,10-14,17-18,24H,6,8-9,15-16H2,1-2H3/t17-,18+.